The van der Waals surface area contributed by atoms with E-state index in [0.717, 1.165) is 19.3 Å². The van der Waals surface area contributed by atoms with Crippen LogP contribution < -0.4 is 14.8 Å². The van der Waals surface area contributed by atoms with E-state index < -0.39 is 6.10 Å². The number of nitrogens with one attached hydrogen (secondary N) is 1. The van der Waals surface area contributed by atoms with Crippen molar-refractivity contribution in [2.24, 2.45) is 0 Å². The summed E-state index contributed by atoms with van der Waals surface area (Å²) >= 11 is 0. The van der Waals surface area contributed by atoms with Gasteiger partial charge >= 0.3 is 0 Å². The average molecular weight is 328 g/mol. The predicted molar refractivity (Wildman–Crippen MR) is 92.0 cm³/mol. The van der Waals surface area contributed by atoms with E-state index in [2.05, 4.69) is 11.4 Å². The van der Waals surface area contributed by atoms with Crippen LogP contribution in [0.4, 0.5) is 0 Å². The maximum atomic E-state index is 12.2. The summed E-state index contributed by atoms with van der Waals surface area (Å²) in [5.74, 6) is 0.744. The summed E-state index contributed by atoms with van der Waals surface area (Å²) in [6, 6.07) is 6.92. The maximum Gasteiger partial charge on any atom is 0.260 e. The van der Waals surface area contributed by atoms with Gasteiger partial charge in [-0.25, -0.2) is 0 Å². The SMILES string of the molecule is COc1cc(C#N)ccc1O[C@H](C)C(=O)NCCC1=CCCCC1. The monoisotopic (exact) mass is 328 g/mol. The number of rotatable bonds is 7. The van der Waals surface area contributed by atoms with Crippen LogP contribution in [-0.4, -0.2) is 25.7 Å². The highest BCUT2D eigenvalue weighted by Gasteiger charge is 2.17. The van der Waals surface area contributed by atoms with Crippen molar-refractivity contribution in [3.63, 3.8) is 0 Å². The molecule has 128 valence electrons. The molecule has 1 aliphatic carbocycles. The highest BCUT2D eigenvalue weighted by atomic mass is 16.5. The van der Waals surface area contributed by atoms with E-state index in [4.69, 9.17) is 14.7 Å². The lowest BCUT2D eigenvalue weighted by Crippen LogP contribution is -2.37. The zero-order chi connectivity index (χ0) is 17.4. The van der Waals surface area contributed by atoms with Gasteiger partial charge in [-0.05, 0) is 51.2 Å². The third-order valence-corrected chi connectivity index (χ3v) is 4.10. The van der Waals surface area contributed by atoms with Gasteiger partial charge in [-0.2, -0.15) is 5.26 Å². The van der Waals surface area contributed by atoms with Gasteiger partial charge in [0.25, 0.3) is 5.91 Å². The molecule has 0 radical (unpaired) electrons. The number of allylic oxidation sites excluding steroid dienone is 1. The van der Waals surface area contributed by atoms with Crippen molar-refractivity contribution in [3.05, 3.63) is 35.4 Å². The molecule has 0 heterocycles. The van der Waals surface area contributed by atoms with Gasteiger partial charge in [0, 0.05) is 12.6 Å². The molecule has 5 nitrogen and oxygen atoms in total. The number of nitriles is 1. The van der Waals surface area contributed by atoms with Crippen LogP contribution in [0.2, 0.25) is 0 Å². The third-order valence-electron chi connectivity index (χ3n) is 4.10. The number of carbonyl (C=O) groups is 1. The Hall–Kier alpha value is -2.48. The highest BCUT2D eigenvalue weighted by Crippen LogP contribution is 2.28. The molecule has 0 aromatic heterocycles. The molecule has 1 atom stereocenters. The smallest absolute Gasteiger partial charge is 0.260 e. The van der Waals surface area contributed by atoms with E-state index in [0.29, 0.717) is 23.6 Å². The number of benzene rings is 1. The second kappa shape index (κ2) is 8.97. The quantitative estimate of drug-likeness (QED) is 0.779. The van der Waals surface area contributed by atoms with Gasteiger partial charge in [0.15, 0.2) is 17.6 Å². The van der Waals surface area contributed by atoms with Crippen LogP contribution in [0.25, 0.3) is 0 Å². The Balaban J connectivity index is 1.85. The topological polar surface area (TPSA) is 71.3 Å². The third kappa shape index (κ3) is 5.02. The number of nitrogens with zero attached hydrogens (tertiary/aromatic N) is 1. The molecule has 2 rings (SSSR count). The number of hydrogen-bond acceptors (Lipinski definition) is 4. The highest BCUT2D eigenvalue weighted by molar-refractivity contribution is 5.80. The van der Waals surface area contributed by atoms with Crippen LogP contribution in [0, 0.1) is 11.3 Å². The Morgan fingerprint density at radius 1 is 1.38 bits per heavy atom. The van der Waals surface area contributed by atoms with Crippen molar-refractivity contribution < 1.29 is 14.3 Å². The van der Waals surface area contributed by atoms with E-state index in [1.54, 1.807) is 25.1 Å². The van der Waals surface area contributed by atoms with Gasteiger partial charge < -0.3 is 14.8 Å². The second-order valence-electron chi connectivity index (χ2n) is 5.89. The molecule has 0 aliphatic heterocycles. The molecule has 0 fully saturated rings. The molecule has 0 bridgehead atoms. The Morgan fingerprint density at radius 2 is 2.21 bits per heavy atom. The minimum atomic E-state index is -0.632. The predicted octanol–water partition coefficient (Wildman–Crippen LogP) is 3.34. The second-order valence-corrected chi connectivity index (χ2v) is 5.89. The van der Waals surface area contributed by atoms with Crippen LogP contribution in [-0.2, 0) is 4.79 Å². The van der Waals surface area contributed by atoms with E-state index >= 15 is 0 Å². The van der Waals surface area contributed by atoms with Crippen molar-refractivity contribution in [2.45, 2.75) is 45.1 Å². The molecule has 1 N–H and O–H groups in total. The zero-order valence-corrected chi connectivity index (χ0v) is 14.3. The summed E-state index contributed by atoms with van der Waals surface area (Å²) in [6.07, 6.45) is 7.37. The Kier molecular flexibility index (Phi) is 6.68. The fourth-order valence-electron chi connectivity index (χ4n) is 2.70. The first-order chi connectivity index (χ1) is 11.6. The van der Waals surface area contributed by atoms with Crippen molar-refractivity contribution in [3.8, 4) is 17.6 Å². The molecule has 0 spiro atoms. The zero-order valence-electron chi connectivity index (χ0n) is 14.3. The Bertz CT molecular complexity index is 647. The number of carbonyl (C=O) groups excluding carboxylic acids is 1. The van der Waals surface area contributed by atoms with Gasteiger partial charge in [-0.1, -0.05) is 11.6 Å². The first kappa shape index (κ1) is 17.9. The molecule has 5 heteroatoms. The first-order valence-corrected chi connectivity index (χ1v) is 8.34. The Morgan fingerprint density at radius 3 is 2.88 bits per heavy atom. The van der Waals surface area contributed by atoms with Gasteiger partial charge in [-0.15, -0.1) is 0 Å². The summed E-state index contributed by atoms with van der Waals surface area (Å²) in [6.45, 7) is 2.33. The summed E-state index contributed by atoms with van der Waals surface area (Å²) in [5, 5.41) is 11.8. The van der Waals surface area contributed by atoms with Crippen molar-refractivity contribution in [1.29, 1.82) is 5.26 Å². The van der Waals surface area contributed by atoms with E-state index in [9.17, 15) is 4.79 Å². The molecule has 0 saturated heterocycles. The number of hydrogen-bond donors (Lipinski definition) is 1. The lowest BCUT2D eigenvalue weighted by atomic mass is 9.97. The van der Waals surface area contributed by atoms with E-state index in [1.807, 2.05) is 6.07 Å². The molecule has 24 heavy (non-hydrogen) atoms. The number of amides is 1. The van der Waals surface area contributed by atoms with Crippen LogP contribution in [0.5, 0.6) is 11.5 Å². The minimum absolute atomic E-state index is 0.155. The maximum absolute atomic E-state index is 12.2. The molecule has 1 aliphatic rings. The summed E-state index contributed by atoms with van der Waals surface area (Å²) in [7, 11) is 1.51. The van der Waals surface area contributed by atoms with Crippen molar-refractivity contribution >= 4 is 5.91 Å². The van der Waals surface area contributed by atoms with Crippen molar-refractivity contribution in [2.75, 3.05) is 13.7 Å². The van der Waals surface area contributed by atoms with Gasteiger partial charge in [-0.3, -0.25) is 4.79 Å². The molecule has 0 saturated carbocycles. The molecular weight excluding hydrogens is 304 g/mol. The van der Waals surface area contributed by atoms with Crippen LogP contribution >= 0.6 is 0 Å². The number of methoxy groups -OCH3 is 1. The lowest BCUT2D eigenvalue weighted by Gasteiger charge is -2.17. The molecule has 1 aromatic carbocycles. The van der Waals surface area contributed by atoms with Gasteiger partial charge in [0.1, 0.15) is 0 Å². The minimum Gasteiger partial charge on any atom is -0.493 e. The molecule has 1 amide bonds. The largest absolute Gasteiger partial charge is 0.493 e. The lowest BCUT2D eigenvalue weighted by molar-refractivity contribution is -0.127. The molecule has 0 unspecified atom stereocenters. The van der Waals surface area contributed by atoms with Crippen LogP contribution in [0.3, 0.4) is 0 Å². The van der Waals surface area contributed by atoms with Crippen molar-refractivity contribution in [1.82, 2.24) is 5.32 Å². The Labute approximate surface area is 143 Å². The van der Waals surface area contributed by atoms with E-state index in [-0.39, 0.29) is 5.91 Å². The van der Waals surface area contributed by atoms with Gasteiger partial charge in [0.05, 0.1) is 18.7 Å². The summed E-state index contributed by atoms with van der Waals surface area (Å²) in [5.41, 5.74) is 1.92. The average Bonchev–Trinajstić information content (AvgIpc) is 2.62. The van der Waals surface area contributed by atoms with Crippen LogP contribution in [0.1, 0.15) is 44.6 Å². The van der Waals surface area contributed by atoms with E-state index in [1.165, 1.54) is 25.5 Å². The standard InChI is InChI=1S/C19H24N2O3/c1-14(19(22)21-11-10-15-6-4-3-5-7-15)24-17-9-8-16(13-20)12-18(17)23-2/h6,8-9,12,14H,3-5,7,10-11H2,1-2H3,(H,21,22)/t14-/m1/s1. The van der Waals surface area contributed by atoms with Gasteiger partial charge in [0.2, 0.25) is 0 Å². The first-order valence-electron chi connectivity index (χ1n) is 8.34. The fraction of sp³-hybridized carbons (Fsp3) is 0.474. The molecule has 1 aromatic rings. The summed E-state index contributed by atoms with van der Waals surface area (Å²) < 4.78 is 10.9. The normalized spacial score (nSPS) is 15.0. The molecular formula is C19H24N2O3. The number of ether oxygens (including phenoxy) is 2. The summed E-state index contributed by atoms with van der Waals surface area (Å²) in [4.78, 5) is 12.2. The fourth-order valence-corrected chi connectivity index (χ4v) is 2.70. The van der Waals surface area contributed by atoms with Crippen LogP contribution in [0.15, 0.2) is 29.8 Å².